The molecule has 2 aliphatic carbocycles. The minimum atomic E-state index is -1.02. The van der Waals surface area contributed by atoms with E-state index in [0.29, 0.717) is 0 Å². The maximum absolute atomic E-state index is 12.1. The first-order chi connectivity index (χ1) is 15.5. The summed E-state index contributed by atoms with van der Waals surface area (Å²) in [5.74, 6) is -1.54. The van der Waals surface area contributed by atoms with E-state index in [1.165, 1.54) is 12.2 Å². The number of benzene rings is 2. The fourth-order valence-corrected chi connectivity index (χ4v) is 4.31. The van der Waals surface area contributed by atoms with Crippen LogP contribution in [-0.2, 0) is 14.3 Å². The SMILES string of the molecule is O=C(/C=C/CNC(=O)OCC1c2ccccc2-c2ccccc21)NC(C(=O)O)C1CCC1. The number of ether oxygens (including phenoxy) is 1. The summed E-state index contributed by atoms with van der Waals surface area (Å²) in [6, 6.07) is 15.3. The molecule has 2 aromatic rings. The summed E-state index contributed by atoms with van der Waals surface area (Å²) in [5, 5.41) is 14.4. The first-order valence-corrected chi connectivity index (χ1v) is 10.8. The van der Waals surface area contributed by atoms with Crippen LogP contribution >= 0.6 is 0 Å². The third-order valence-corrected chi connectivity index (χ3v) is 6.16. The van der Waals surface area contributed by atoms with Crippen molar-refractivity contribution in [2.45, 2.75) is 31.2 Å². The number of rotatable bonds is 8. The summed E-state index contributed by atoms with van der Waals surface area (Å²) < 4.78 is 5.43. The summed E-state index contributed by atoms with van der Waals surface area (Å²) in [4.78, 5) is 35.4. The van der Waals surface area contributed by atoms with Crippen molar-refractivity contribution in [3.8, 4) is 11.1 Å². The number of alkyl carbamates (subject to hydrolysis) is 1. The van der Waals surface area contributed by atoms with Gasteiger partial charge in [0.05, 0.1) is 0 Å². The van der Waals surface area contributed by atoms with Crippen LogP contribution in [0.5, 0.6) is 0 Å². The summed E-state index contributed by atoms with van der Waals surface area (Å²) >= 11 is 0. The third-order valence-electron chi connectivity index (χ3n) is 6.16. The van der Waals surface area contributed by atoms with E-state index in [4.69, 9.17) is 4.74 Å². The highest BCUT2D eigenvalue weighted by Crippen LogP contribution is 2.44. The molecule has 0 spiro atoms. The molecular weight excluding hydrogens is 408 g/mol. The van der Waals surface area contributed by atoms with E-state index in [9.17, 15) is 19.5 Å². The van der Waals surface area contributed by atoms with Crippen molar-refractivity contribution in [3.05, 3.63) is 71.8 Å². The number of carbonyl (C=O) groups excluding carboxylic acids is 2. The zero-order valence-corrected chi connectivity index (χ0v) is 17.6. The number of aliphatic carboxylic acids is 1. The summed E-state index contributed by atoms with van der Waals surface area (Å²) in [6.45, 7) is 0.316. The van der Waals surface area contributed by atoms with Gasteiger partial charge in [0.1, 0.15) is 12.6 Å². The standard InChI is InChI=1S/C25H26N2O5/c28-22(27-23(24(29)30)16-7-5-8-16)13-6-14-26-25(31)32-15-21-19-11-3-1-9-17(19)18-10-2-4-12-20(18)21/h1-4,6,9-13,16,21,23H,5,7-8,14-15H2,(H,26,31)(H,27,28)(H,29,30)/b13-6+. The molecule has 3 N–H and O–H groups in total. The molecule has 2 aromatic carbocycles. The van der Waals surface area contributed by atoms with Crippen LogP contribution in [-0.4, -0.2) is 42.3 Å². The van der Waals surface area contributed by atoms with Crippen molar-refractivity contribution >= 4 is 18.0 Å². The summed E-state index contributed by atoms with van der Waals surface area (Å²) in [6.07, 6.45) is 4.74. The molecule has 0 aliphatic heterocycles. The molecule has 32 heavy (non-hydrogen) atoms. The Morgan fingerprint density at radius 2 is 1.66 bits per heavy atom. The molecule has 7 heteroatoms. The van der Waals surface area contributed by atoms with Crippen LogP contribution in [0.15, 0.2) is 60.7 Å². The van der Waals surface area contributed by atoms with Gasteiger partial charge in [-0.15, -0.1) is 0 Å². The van der Waals surface area contributed by atoms with E-state index in [-0.39, 0.29) is 25.0 Å². The maximum atomic E-state index is 12.1. The lowest BCUT2D eigenvalue weighted by molar-refractivity contribution is -0.143. The lowest BCUT2D eigenvalue weighted by atomic mass is 9.79. The summed E-state index contributed by atoms with van der Waals surface area (Å²) in [7, 11) is 0. The molecule has 7 nitrogen and oxygen atoms in total. The number of nitrogens with one attached hydrogen (secondary N) is 2. The monoisotopic (exact) mass is 434 g/mol. The van der Waals surface area contributed by atoms with E-state index in [1.807, 2.05) is 24.3 Å². The van der Waals surface area contributed by atoms with Gasteiger partial charge in [-0.2, -0.15) is 0 Å². The highest BCUT2D eigenvalue weighted by Gasteiger charge is 2.33. The predicted molar refractivity (Wildman–Crippen MR) is 119 cm³/mol. The molecule has 0 aromatic heterocycles. The third kappa shape index (κ3) is 4.66. The fraction of sp³-hybridized carbons (Fsp3) is 0.320. The Hall–Kier alpha value is -3.61. The molecule has 2 aliphatic rings. The number of carboxylic acid groups (broad SMARTS) is 1. The Bertz CT molecular complexity index is 999. The van der Waals surface area contributed by atoms with Gasteiger partial charge in [-0.3, -0.25) is 4.79 Å². The number of hydrogen-bond acceptors (Lipinski definition) is 4. The Kier molecular flexibility index (Phi) is 6.54. The van der Waals surface area contributed by atoms with Gasteiger partial charge in [0, 0.05) is 18.5 Å². The second-order valence-electron chi connectivity index (χ2n) is 8.12. The van der Waals surface area contributed by atoms with Gasteiger partial charge in [0.15, 0.2) is 0 Å². The lowest BCUT2D eigenvalue weighted by Crippen LogP contribution is -2.47. The van der Waals surface area contributed by atoms with Crippen LogP contribution in [0.1, 0.15) is 36.3 Å². The van der Waals surface area contributed by atoms with Gasteiger partial charge >= 0.3 is 12.1 Å². The van der Waals surface area contributed by atoms with Crippen molar-refractivity contribution in [1.29, 1.82) is 0 Å². The molecule has 166 valence electrons. The van der Waals surface area contributed by atoms with Crippen molar-refractivity contribution < 1.29 is 24.2 Å². The van der Waals surface area contributed by atoms with Gasteiger partial charge in [-0.1, -0.05) is 61.0 Å². The van der Waals surface area contributed by atoms with Gasteiger partial charge in [-0.05, 0) is 41.0 Å². The topological polar surface area (TPSA) is 105 Å². The second-order valence-corrected chi connectivity index (χ2v) is 8.12. The fourth-order valence-electron chi connectivity index (χ4n) is 4.31. The van der Waals surface area contributed by atoms with Crippen LogP contribution in [0.25, 0.3) is 11.1 Å². The molecule has 1 atom stereocenters. The maximum Gasteiger partial charge on any atom is 0.407 e. The average Bonchev–Trinajstić information content (AvgIpc) is 3.07. The predicted octanol–water partition coefficient (Wildman–Crippen LogP) is 3.45. The normalized spacial score (nSPS) is 16.0. The highest BCUT2D eigenvalue weighted by atomic mass is 16.5. The number of hydrogen-bond donors (Lipinski definition) is 3. The van der Waals surface area contributed by atoms with Gasteiger partial charge < -0.3 is 20.5 Å². The number of carboxylic acids is 1. The largest absolute Gasteiger partial charge is 0.480 e. The molecule has 0 radical (unpaired) electrons. The molecule has 1 unspecified atom stereocenters. The second kappa shape index (κ2) is 9.68. The Morgan fingerprint density at radius 3 is 2.22 bits per heavy atom. The number of carbonyl (C=O) groups is 3. The molecular formula is C25H26N2O5. The Labute approximate surface area is 186 Å². The Morgan fingerprint density at radius 1 is 1.03 bits per heavy atom. The van der Waals surface area contributed by atoms with E-state index < -0.39 is 24.0 Å². The van der Waals surface area contributed by atoms with Crippen molar-refractivity contribution in [2.24, 2.45) is 5.92 Å². The summed E-state index contributed by atoms with van der Waals surface area (Å²) in [5.41, 5.74) is 4.59. The Balaban J connectivity index is 1.24. The van der Waals surface area contributed by atoms with Crippen LogP contribution in [0.3, 0.4) is 0 Å². The molecule has 0 bridgehead atoms. The zero-order valence-electron chi connectivity index (χ0n) is 17.6. The van der Waals surface area contributed by atoms with Gasteiger partial charge in [-0.25, -0.2) is 9.59 Å². The number of fused-ring (bicyclic) bond motifs is 3. The van der Waals surface area contributed by atoms with Crippen molar-refractivity contribution in [3.63, 3.8) is 0 Å². The van der Waals surface area contributed by atoms with Crippen molar-refractivity contribution in [2.75, 3.05) is 13.2 Å². The molecule has 0 heterocycles. The molecule has 1 saturated carbocycles. The van der Waals surface area contributed by atoms with Crippen LogP contribution < -0.4 is 10.6 Å². The van der Waals surface area contributed by atoms with E-state index >= 15 is 0 Å². The van der Waals surface area contributed by atoms with Crippen LogP contribution in [0, 0.1) is 5.92 Å². The molecule has 4 rings (SSSR count). The molecule has 2 amide bonds. The van der Waals surface area contributed by atoms with Crippen LogP contribution in [0.4, 0.5) is 4.79 Å². The lowest BCUT2D eigenvalue weighted by Gasteiger charge is -2.31. The zero-order chi connectivity index (χ0) is 22.5. The molecule has 0 saturated heterocycles. The first kappa shape index (κ1) is 21.6. The highest BCUT2D eigenvalue weighted by molar-refractivity contribution is 5.91. The van der Waals surface area contributed by atoms with Gasteiger partial charge in [0.25, 0.3) is 0 Å². The smallest absolute Gasteiger partial charge is 0.407 e. The quantitative estimate of drug-likeness (QED) is 0.552. The number of amides is 2. The average molecular weight is 434 g/mol. The van der Waals surface area contributed by atoms with E-state index in [1.54, 1.807) is 0 Å². The van der Waals surface area contributed by atoms with Crippen LogP contribution in [0.2, 0.25) is 0 Å². The first-order valence-electron chi connectivity index (χ1n) is 10.8. The van der Waals surface area contributed by atoms with E-state index in [0.717, 1.165) is 41.5 Å². The molecule has 1 fully saturated rings. The minimum absolute atomic E-state index is 0.0104. The minimum Gasteiger partial charge on any atom is -0.480 e. The van der Waals surface area contributed by atoms with Crippen molar-refractivity contribution in [1.82, 2.24) is 10.6 Å². The van der Waals surface area contributed by atoms with Gasteiger partial charge in [0.2, 0.25) is 5.91 Å². The van der Waals surface area contributed by atoms with E-state index in [2.05, 4.69) is 34.9 Å².